The summed E-state index contributed by atoms with van der Waals surface area (Å²) < 4.78 is 0. The Balaban J connectivity index is 2.38. The summed E-state index contributed by atoms with van der Waals surface area (Å²) in [4.78, 5) is 12.1. The third-order valence-electron chi connectivity index (χ3n) is 2.66. The molecule has 0 aliphatic carbocycles. The van der Waals surface area contributed by atoms with Crippen molar-refractivity contribution >= 4 is 46.4 Å². The lowest BCUT2D eigenvalue weighted by Gasteiger charge is -2.12. The van der Waals surface area contributed by atoms with Crippen molar-refractivity contribution in [3.05, 3.63) is 56.5 Å². The molecule has 0 radical (unpaired) electrons. The van der Waals surface area contributed by atoms with Gasteiger partial charge in [-0.2, -0.15) is 0 Å². The maximum absolute atomic E-state index is 12.1. The average molecular weight is 331 g/mol. The minimum Gasteiger partial charge on any atom is -0.504 e. The average Bonchev–Trinajstić information content (AvgIpc) is 2.41. The number of carbonyl (C=O) groups excluding carboxylic acids is 1. The lowest BCUT2D eigenvalue weighted by Crippen LogP contribution is -2.12. The van der Waals surface area contributed by atoms with Gasteiger partial charge in [-0.05, 0) is 25.1 Å². The molecule has 104 valence electrons. The molecule has 6 heteroatoms. The quantitative estimate of drug-likeness (QED) is 0.607. The molecule has 0 atom stereocenters. The smallest absolute Gasteiger partial charge is 0.255 e. The number of hydrogen-bond donors (Lipinski definition) is 2. The van der Waals surface area contributed by atoms with Gasteiger partial charge in [-0.3, -0.25) is 4.79 Å². The standard InChI is InChI=1S/C14H10Cl3NO2/c1-7-3-2-4-8(5-7)14(20)18-12-11(17)9(15)6-10(16)13(12)19/h2-6,19H,1H3,(H,18,20). The number of aryl methyl sites for hydroxylation is 1. The van der Waals surface area contributed by atoms with Crippen LogP contribution in [0.4, 0.5) is 5.69 Å². The van der Waals surface area contributed by atoms with E-state index in [1.54, 1.807) is 18.2 Å². The summed E-state index contributed by atoms with van der Waals surface area (Å²) in [5, 5.41) is 12.6. The van der Waals surface area contributed by atoms with Crippen LogP contribution in [0.1, 0.15) is 15.9 Å². The van der Waals surface area contributed by atoms with E-state index in [0.717, 1.165) is 5.56 Å². The predicted molar refractivity (Wildman–Crippen MR) is 82.3 cm³/mol. The number of rotatable bonds is 2. The monoisotopic (exact) mass is 329 g/mol. The van der Waals surface area contributed by atoms with Crippen molar-refractivity contribution in [2.24, 2.45) is 0 Å². The maximum atomic E-state index is 12.1. The first-order chi connectivity index (χ1) is 9.40. The molecule has 20 heavy (non-hydrogen) atoms. The Bertz CT molecular complexity index is 660. The van der Waals surface area contributed by atoms with Gasteiger partial charge in [0.2, 0.25) is 0 Å². The molecule has 0 unspecified atom stereocenters. The fraction of sp³-hybridized carbons (Fsp3) is 0.0714. The fourth-order valence-electron chi connectivity index (χ4n) is 1.67. The van der Waals surface area contributed by atoms with E-state index in [0.29, 0.717) is 5.56 Å². The lowest BCUT2D eigenvalue weighted by molar-refractivity contribution is 0.102. The Morgan fingerprint density at radius 1 is 1.15 bits per heavy atom. The Morgan fingerprint density at radius 2 is 1.85 bits per heavy atom. The molecular weight excluding hydrogens is 321 g/mol. The number of anilines is 1. The first-order valence-corrected chi connectivity index (χ1v) is 6.78. The van der Waals surface area contributed by atoms with Crippen LogP contribution in [0.3, 0.4) is 0 Å². The van der Waals surface area contributed by atoms with Gasteiger partial charge in [-0.1, -0.05) is 52.5 Å². The van der Waals surface area contributed by atoms with Crippen molar-refractivity contribution in [2.75, 3.05) is 5.32 Å². The van der Waals surface area contributed by atoms with Crippen molar-refractivity contribution in [3.8, 4) is 5.75 Å². The van der Waals surface area contributed by atoms with Crippen LogP contribution in [0, 0.1) is 6.92 Å². The van der Waals surface area contributed by atoms with Gasteiger partial charge in [0.05, 0.1) is 15.1 Å². The van der Waals surface area contributed by atoms with E-state index in [4.69, 9.17) is 34.8 Å². The molecule has 0 aliphatic rings. The van der Waals surface area contributed by atoms with Crippen molar-refractivity contribution in [2.45, 2.75) is 6.92 Å². The Kier molecular flexibility index (Phi) is 4.43. The van der Waals surface area contributed by atoms with Gasteiger partial charge in [0.15, 0.2) is 5.75 Å². The number of aromatic hydroxyl groups is 1. The molecular formula is C14H10Cl3NO2. The number of halogens is 3. The van der Waals surface area contributed by atoms with Crippen LogP contribution in [0.25, 0.3) is 0 Å². The Hall–Kier alpha value is -1.42. The van der Waals surface area contributed by atoms with E-state index in [9.17, 15) is 9.90 Å². The zero-order chi connectivity index (χ0) is 14.9. The van der Waals surface area contributed by atoms with Crippen LogP contribution in [0.2, 0.25) is 15.1 Å². The Morgan fingerprint density at radius 3 is 2.50 bits per heavy atom. The Labute approximate surface area is 131 Å². The van der Waals surface area contributed by atoms with E-state index in [2.05, 4.69) is 5.32 Å². The molecule has 0 spiro atoms. The molecule has 2 rings (SSSR count). The van der Waals surface area contributed by atoms with Crippen LogP contribution in [-0.4, -0.2) is 11.0 Å². The van der Waals surface area contributed by atoms with Gasteiger partial charge < -0.3 is 10.4 Å². The van der Waals surface area contributed by atoms with Crippen LogP contribution >= 0.6 is 34.8 Å². The van der Waals surface area contributed by atoms with Crippen molar-refractivity contribution in [1.82, 2.24) is 0 Å². The van der Waals surface area contributed by atoms with Crippen LogP contribution in [0.15, 0.2) is 30.3 Å². The van der Waals surface area contributed by atoms with Crippen LogP contribution in [-0.2, 0) is 0 Å². The maximum Gasteiger partial charge on any atom is 0.255 e. The van der Waals surface area contributed by atoms with Gasteiger partial charge >= 0.3 is 0 Å². The second-order valence-corrected chi connectivity index (χ2v) is 5.39. The molecule has 2 N–H and O–H groups in total. The highest BCUT2D eigenvalue weighted by atomic mass is 35.5. The van der Waals surface area contributed by atoms with Crippen LogP contribution in [0.5, 0.6) is 5.75 Å². The SMILES string of the molecule is Cc1cccc(C(=O)Nc2c(O)c(Cl)cc(Cl)c2Cl)c1. The van der Waals surface area contributed by atoms with Crippen molar-refractivity contribution < 1.29 is 9.90 Å². The normalized spacial score (nSPS) is 10.4. The molecule has 0 fully saturated rings. The number of hydrogen-bond acceptors (Lipinski definition) is 2. The summed E-state index contributed by atoms with van der Waals surface area (Å²) in [6, 6.07) is 8.31. The molecule has 0 saturated carbocycles. The molecule has 0 aromatic heterocycles. The number of amides is 1. The van der Waals surface area contributed by atoms with Crippen molar-refractivity contribution in [1.29, 1.82) is 0 Å². The van der Waals surface area contributed by atoms with Crippen LogP contribution < -0.4 is 5.32 Å². The van der Waals surface area contributed by atoms with Gasteiger partial charge in [-0.15, -0.1) is 0 Å². The predicted octanol–water partition coefficient (Wildman–Crippen LogP) is 4.91. The van der Waals surface area contributed by atoms with Gasteiger partial charge in [0.25, 0.3) is 5.91 Å². The molecule has 0 bridgehead atoms. The summed E-state index contributed by atoms with van der Waals surface area (Å²) in [5.41, 5.74) is 1.38. The van der Waals surface area contributed by atoms with Gasteiger partial charge in [0, 0.05) is 5.56 Å². The highest BCUT2D eigenvalue weighted by Gasteiger charge is 2.17. The summed E-state index contributed by atoms with van der Waals surface area (Å²) >= 11 is 17.6. The molecule has 1 amide bonds. The zero-order valence-corrected chi connectivity index (χ0v) is 12.6. The molecule has 2 aromatic carbocycles. The van der Waals surface area contributed by atoms with Gasteiger partial charge in [0.1, 0.15) is 5.69 Å². The first-order valence-electron chi connectivity index (χ1n) is 5.64. The van der Waals surface area contributed by atoms with E-state index in [1.165, 1.54) is 6.07 Å². The summed E-state index contributed by atoms with van der Waals surface area (Å²) in [7, 11) is 0. The number of phenols is 1. The van der Waals surface area contributed by atoms with E-state index in [1.807, 2.05) is 13.0 Å². The summed E-state index contributed by atoms with van der Waals surface area (Å²) in [6.07, 6.45) is 0. The number of nitrogens with one attached hydrogen (secondary N) is 1. The lowest BCUT2D eigenvalue weighted by atomic mass is 10.1. The van der Waals surface area contributed by atoms with E-state index in [-0.39, 0.29) is 26.5 Å². The molecule has 0 heterocycles. The van der Waals surface area contributed by atoms with E-state index < -0.39 is 5.91 Å². The number of carbonyl (C=O) groups is 1. The number of benzene rings is 2. The highest BCUT2D eigenvalue weighted by Crippen LogP contribution is 2.42. The zero-order valence-electron chi connectivity index (χ0n) is 10.4. The minimum absolute atomic E-state index is 0.00401. The first kappa shape index (κ1) is 15.0. The van der Waals surface area contributed by atoms with Gasteiger partial charge in [-0.25, -0.2) is 0 Å². The summed E-state index contributed by atoms with van der Waals surface area (Å²) in [6.45, 7) is 1.87. The number of phenolic OH excluding ortho intramolecular Hbond substituents is 1. The highest BCUT2D eigenvalue weighted by molar-refractivity contribution is 6.46. The van der Waals surface area contributed by atoms with E-state index >= 15 is 0 Å². The molecule has 0 aliphatic heterocycles. The third-order valence-corrected chi connectivity index (χ3v) is 3.74. The summed E-state index contributed by atoms with van der Waals surface area (Å²) in [5.74, 6) is -0.730. The topological polar surface area (TPSA) is 49.3 Å². The fourth-order valence-corrected chi connectivity index (χ4v) is 2.33. The minimum atomic E-state index is -0.413. The molecule has 2 aromatic rings. The second kappa shape index (κ2) is 5.92. The van der Waals surface area contributed by atoms with Crippen molar-refractivity contribution in [3.63, 3.8) is 0 Å². The largest absolute Gasteiger partial charge is 0.504 e. The molecule has 0 saturated heterocycles. The second-order valence-electron chi connectivity index (χ2n) is 4.20. The molecule has 3 nitrogen and oxygen atoms in total. The third kappa shape index (κ3) is 3.01.